The molecule has 5 heteroatoms. The zero-order valence-electron chi connectivity index (χ0n) is 9.20. The Labute approximate surface area is 120 Å². The van der Waals surface area contributed by atoms with Crippen molar-refractivity contribution in [3.63, 3.8) is 0 Å². The highest BCUT2D eigenvalue weighted by atomic mass is 35.5. The zero-order chi connectivity index (χ0) is 13.3. The number of rotatable bonds is 2. The SMILES string of the molecule is Nc1ccc(C(O)c2ccc(Cl)cc2Cl)c(Cl)c1. The van der Waals surface area contributed by atoms with Crippen molar-refractivity contribution in [3.05, 3.63) is 62.6 Å². The van der Waals surface area contributed by atoms with Gasteiger partial charge in [0.15, 0.2) is 0 Å². The summed E-state index contributed by atoms with van der Waals surface area (Å²) >= 11 is 17.9. The van der Waals surface area contributed by atoms with E-state index in [1.165, 1.54) is 0 Å². The number of anilines is 1. The van der Waals surface area contributed by atoms with Crippen molar-refractivity contribution >= 4 is 40.5 Å². The van der Waals surface area contributed by atoms with Gasteiger partial charge >= 0.3 is 0 Å². The molecule has 2 aromatic carbocycles. The van der Waals surface area contributed by atoms with Gasteiger partial charge in [0, 0.05) is 31.9 Å². The molecule has 2 rings (SSSR count). The van der Waals surface area contributed by atoms with E-state index in [9.17, 15) is 5.11 Å². The number of aliphatic hydroxyl groups is 1. The van der Waals surface area contributed by atoms with Crippen LogP contribution in [-0.4, -0.2) is 5.11 Å². The molecular weight excluding hydrogens is 293 g/mol. The summed E-state index contributed by atoms with van der Waals surface area (Å²) in [5, 5.41) is 11.6. The standard InChI is InChI=1S/C13H10Cl3NO/c14-7-1-3-9(11(15)5-7)13(18)10-4-2-8(17)6-12(10)16/h1-6,13,18H,17H2. The van der Waals surface area contributed by atoms with Crippen molar-refractivity contribution < 1.29 is 5.11 Å². The van der Waals surface area contributed by atoms with E-state index in [1.54, 1.807) is 36.4 Å². The summed E-state index contributed by atoms with van der Waals surface area (Å²) in [4.78, 5) is 0. The lowest BCUT2D eigenvalue weighted by Crippen LogP contribution is -2.02. The van der Waals surface area contributed by atoms with Crippen LogP contribution in [0.25, 0.3) is 0 Å². The van der Waals surface area contributed by atoms with Gasteiger partial charge in [-0.25, -0.2) is 0 Å². The van der Waals surface area contributed by atoms with E-state index in [-0.39, 0.29) is 0 Å². The van der Waals surface area contributed by atoms with Crippen LogP contribution in [0.15, 0.2) is 36.4 Å². The van der Waals surface area contributed by atoms with Gasteiger partial charge in [-0.3, -0.25) is 0 Å². The molecule has 94 valence electrons. The van der Waals surface area contributed by atoms with E-state index in [1.807, 2.05) is 0 Å². The lowest BCUT2D eigenvalue weighted by atomic mass is 10.0. The molecule has 0 aliphatic rings. The van der Waals surface area contributed by atoms with Crippen LogP contribution in [-0.2, 0) is 0 Å². The number of benzene rings is 2. The summed E-state index contributed by atoms with van der Waals surface area (Å²) in [6.45, 7) is 0. The van der Waals surface area contributed by atoms with Crippen molar-refractivity contribution in [1.29, 1.82) is 0 Å². The third-order valence-electron chi connectivity index (χ3n) is 2.58. The van der Waals surface area contributed by atoms with Crippen LogP contribution in [0.2, 0.25) is 15.1 Å². The first-order chi connectivity index (χ1) is 8.49. The summed E-state index contributed by atoms with van der Waals surface area (Å²) < 4.78 is 0. The first kappa shape index (κ1) is 13.5. The van der Waals surface area contributed by atoms with Crippen LogP contribution in [0.4, 0.5) is 5.69 Å². The fourth-order valence-corrected chi connectivity index (χ4v) is 2.46. The van der Waals surface area contributed by atoms with Gasteiger partial charge in [-0.05, 0) is 24.3 Å². The molecule has 1 atom stereocenters. The second-order valence-corrected chi connectivity index (χ2v) is 5.10. The summed E-state index contributed by atoms with van der Waals surface area (Å²) in [6.07, 6.45) is -0.914. The molecule has 0 heterocycles. The van der Waals surface area contributed by atoms with Gasteiger partial charge in [0.05, 0.1) is 0 Å². The third-order valence-corrected chi connectivity index (χ3v) is 3.47. The number of nitrogens with two attached hydrogens (primary N) is 1. The quantitative estimate of drug-likeness (QED) is 0.812. The van der Waals surface area contributed by atoms with E-state index >= 15 is 0 Å². The minimum atomic E-state index is -0.914. The zero-order valence-corrected chi connectivity index (χ0v) is 11.5. The molecule has 2 nitrogen and oxygen atoms in total. The minimum Gasteiger partial charge on any atom is -0.399 e. The summed E-state index contributed by atoms with van der Waals surface area (Å²) in [5.41, 5.74) is 7.25. The predicted octanol–water partition coefficient (Wildman–Crippen LogP) is 4.31. The predicted molar refractivity (Wildman–Crippen MR) is 76.4 cm³/mol. The maximum absolute atomic E-state index is 10.3. The van der Waals surface area contributed by atoms with Crippen molar-refractivity contribution in [2.45, 2.75) is 6.10 Å². The highest BCUT2D eigenvalue weighted by molar-refractivity contribution is 6.35. The van der Waals surface area contributed by atoms with Gasteiger partial charge in [-0.1, -0.05) is 46.9 Å². The molecule has 0 radical (unpaired) electrons. The summed E-state index contributed by atoms with van der Waals surface area (Å²) in [7, 11) is 0. The molecule has 0 saturated carbocycles. The van der Waals surface area contributed by atoms with E-state index in [0.717, 1.165) is 0 Å². The first-order valence-electron chi connectivity index (χ1n) is 5.17. The van der Waals surface area contributed by atoms with E-state index < -0.39 is 6.10 Å². The van der Waals surface area contributed by atoms with Gasteiger partial charge in [-0.15, -0.1) is 0 Å². The molecule has 0 aromatic heterocycles. The monoisotopic (exact) mass is 301 g/mol. The maximum atomic E-state index is 10.3. The molecule has 18 heavy (non-hydrogen) atoms. The van der Waals surface area contributed by atoms with Crippen LogP contribution in [0.5, 0.6) is 0 Å². The topological polar surface area (TPSA) is 46.2 Å². The highest BCUT2D eigenvalue weighted by Gasteiger charge is 2.17. The third kappa shape index (κ3) is 2.73. The normalized spacial score (nSPS) is 12.4. The molecule has 0 bridgehead atoms. The molecule has 0 spiro atoms. The average Bonchev–Trinajstić information content (AvgIpc) is 2.28. The van der Waals surface area contributed by atoms with Crippen LogP contribution < -0.4 is 5.73 Å². The number of hydrogen-bond donors (Lipinski definition) is 2. The number of nitrogen functional groups attached to an aromatic ring is 1. The summed E-state index contributed by atoms with van der Waals surface area (Å²) in [6, 6.07) is 9.84. The van der Waals surface area contributed by atoms with Crippen molar-refractivity contribution in [1.82, 2.24) is 0 Å². The van der Waals surface area contributed by atoms with Gasteiger partial charge in [0.1, 0.15) is 6.10 Å². The fourth-order valence-electron chi connectivity index (χ4n) is 1.66. The molecular formula is C13H10Cl3NO. The molecule has 3 N–H and O–H groups in total. The Morgan fingerprint density at radius 1 is 0.889 bits per heavy atom. The van der Waals surface area contributed by atoms with Crippen molar-refractivity contribution in [2.24, 2.45) is 0 Å². The number of hydrogen-bond acceptors (Lipinski definition) is 2. The maximum Gasteiger partial charge on any atom is 0.107 e. The first-order valence-corrected chi connectivity index (χ1v) is 6.30. The molecule has 0 saturated heterocycles. The highest BCUT2D eigenvalue weighted by Crippen LogP contribution is 2.34. The van der Waals surface area contributed by atoms with Crippen LogP contribution >= 0.6 is 34.8 Å². The van der Waals surface area contributed by atoms with E-state index in [2.05, 4.69) is 0 Å². The Balaban J connectivity index is 2.44. The van der Waals surface area contributed by atoms with Gasteiger partial charge < -0.3 is 10.8 Å². The Morgan fingerprint density at radius 3 is 2.00 bits per heavy atom. The molecule has 1 unspecified atom stereocenters. The smallest absolute Gasteiger partial charge is 0.107 e. The summed E-state index contributed by atoms with van der Waals surface area (Å²) in [5.74, 6) is 0. The Bertz CT molecular complexity index is 535. The largest absolute Gasteiger partial charge is 0.399 e. The molecule has 0 fully saturated rings. The lowest BCUT2D eigenvalue weighted by Gasteiger charge is -2.15. The second kappa shape index (κ2) is 5.37. The molecule has 0 aliphatic carbocycles. The lowest BCUT2D eigenvalue weighted by molar-refractivity contribution is 0.220. The number of halogens is 3. The van der Waals surface area contributed by atoms with E-state index in [4.69, 9.17) is 40.5 Å². The van der Waals surface area contributed by atoms with Crippen molar-refractivity contribution in [3.8, 4) is 0 Å². The minimum absolute atomic E-state index is 0.392. The van der Waals surface area contributed by atoms with Gasteiger partial charge in [-0.2, -0.15) is 0 Å². The molecule has 0 amide bonds. The van der Waals surface area contributed by atoms with Crippen LogP contribution in [0.3, 0.4) is 0 Å². The average molecular weight is 303 g/mol. The van der Waals surface area contributed by atoms with Crippen molar-refractivity contribution in [2.75, 3.05) is 5.73 Å². The number of aliphatic hydroxyl groups excluding tert-OH is 1. The van der Waals surface area contributed by atoms with Crippen LogP contribution in [0.1, 0.15) is 17.2 Å². The fraction of sp³-hybridized carbons (Fsp3) is 0.0769. The Morgan fingerprint density at radius 2 is 1.44 bits per heavy atom. The van der Waals surface area contributed by atoms with Gasteiger partial charge in [0.25, 0.3) is 0 Å². The Kier molecular flexibility index (Phi) is 4.03. The van der Waals surface area contributed by atoms with Gasteiger partial charge in [0.2, 0.25) is 0 Å². The molecule has 2 aromatic rings. The Hall–Kier alpha value is -0.930. The van der Waals surface area contributed by atoms with E-state index in [0.29, 0.717) is 31.9 Å². The second-order valence-electron chi connectivity index (χ2n) is 3.85. The molecule has 0 aliphatic heterocycles. The van der Waals surface area contributed by atoms with Crippen LogP contribution in [0, 0.1) is 0 Å².